The molecule has 1 aromatic carbocycles. The summed E-state index contributed by atoms with van der Waals surface area (Å²) in [6, 6.07) is 8.54. The van der Waals surface area contributed by atoms with E-state index < -0.39 is 0 Å². The minimum Gasteiger partial charge on any atom is -0.303 e. The molecule has 3 unspecified atom stereocenters. The van der Waals surface area contributed by atoms with E-state index in [9.17, 15) is 4.79 Å². The fraction of sp³-hybridized carbons (Fsp3) is 0.611. The Morgan fingerprint density at radius 3 is 2.85 bits per heavy atom. The molecule has 1 aliphatic heterocycles. The van der Waals surface area contributed by atoms with Gasteiger partial charge in [0.2, 0.25) is 0 Å². The maximum absolute atomic E-state index is 12.8. The van der Waals surface area contributed by atoms with Crippen molar-refractivity contribution in [3.63, 3.8) is 0 Å². The number of hydrogen-bond donors (Lipinski definition) is 1. The third-order valence-corrected chi connectivity index (χ3v) is 5.19. The van der Waals surface area contributed by atoms with E-state index in [0.717, 1.165) is 31.7 Å². The summed E-state index contributed by atoms with van der Waals surface area (Å²) in [4.78, 5) is 12.8. The third kappa shape index (κ3) is 2.80. The van der Waals surface area contributed by atoms with E-state index in [1.165, 1.54) is 30.4 Å². The van der Waals surface area contributed by atoms with Crippen LogP contribution in [0.2, 0.25) is 0 Å². The Kier molecular flexibility index (Phi) is 4.21. The van der Waals surface area contributed by atoms with Crippen LogP contribution in [0.1, 0.15) is 50.2 Å². The molecule has 1 aromatic rings. The number of nitrogens with one attached hydrogen (secondary N) is 1. The molecule has 1 aliphatic carbocycles. The first-order valence-electron chi connectivity index (χ1n) is 8.11. The third-order valence-electron chi connectivity index (χ3n) is 5.19. The van der Waals surface area contributed by atoms with Crippen LogP contribution in [0.15, 0.2) is 24.3 Å². The Morgan fingerprint density at radius 2 is 2.05 bits per heavy atom. The number of rotatable bonds is 3. The first-order chi connectivity index (χ1) is 9.78. The second-order valence-corrected chi connectivity index (χ2v) is 6.45. The van der Waals surface area contributed by atoms with Gasteiger partial charge in [-0.3, -0.25) is 4.79 Å². The van der Waals surface area contributed by atoms with Crippen molar-refractivity contribution in [3.8, 4) is 0 Å². The molecule has 2 heteroatoms. The molecule has 0 bridgehead atoms. The van der Waals surface area contributed by atoms with Gasteiger partial charge >= 0.3 is 0 Å². The van der Waals surface area contributed by atoms with Crippen LogP contribution in [0.5, 0.6) is 0 Å². The van der Waals surface area contributed by atoms with Gasteiger partial charge in [0.15, 0.2) is 5.78 Å². The van der Waals surface area contributed by atoms with Crippen molar-refractivity contribution < 1.29 is 4.79 Å². The highest BCUT2D eigenvalue weighted by molar-refractivity contribution is 5.87. The molecule has 1 heterocycles. The molecule has 0 saturated heterocycles. The van der Waals surface area contributed by atoms with Crippen LogP contribution in [0.3, 0.4) is 0 Å². The monoisotopic (exact) mass is 271 g/mol. The highest BCUT2D eigenvalue weighted by Crippen LogP contribution is 2.33. The average molecular weight is 271 g/mol. The molecule has 3 rings (SSSR count). The first-order valence-corrected chi connectivity index (χ1v) is 8.11. The molecular weight excluding hydrogens is 246 g/mol. The maximum atomic E-state index is 12.8. The van der Waals surface area contributed by atoms with Crippen molar-refractivity contribution in [2.24, 2.45) is 11.8 Å². The molecule has 3 atom stereocenters. The van der Waals surface area contributed by atoms with Crippen molar-refractivity contribution >= 4 is 5.78 Å². The molecule has 0 amide bonds. The molecule has 1 saturated carbocycles. The van der Waals surface area contributed by atoms with Crippen molar-refractivity contribution in [3.05, 3.63) is 35.4 Å². The Bertz CT molecular complexity index is 482. The molecular formula is C18H25NO. The highest BCUT2D eigenvalue weighted by Gasteiger charge is 2.32. The van der Waals surface area contributed by atoms with Crippen LogP contribution < -0.4 is 5.32 Å². The summed E-state index contributed by atoms with van der Waals surface area (Å²) in [5.41, 5.74) is 2.71. The second kappa shape index (κ2) is 6.09. The minimum atomic E-state index is 0.0468. The SMILES string of the molecule is CCC1CCCC(C(=O)C2Cc3ccccc3CN2)C1. The summed E-state index contributed by atoms with van der Waals surface area (Å²) in [6.07, 6.45) is 6.89. The predicted octanol–water partition coefficient (Wildman–Crippen LogP) is 3.49. The van der Waals surface area contributed by atoms with Crippen LogP contribution in [0.25, 0.3) is 0 Å². The fourth-order valence-corrected chi connectivity index (χ4v) is 3.86. The van der Waals surface area contributed by atoms with Crippen LogP contribution in [-0.4, -0.2) is 11.8 Å². The summed E-state index contributed by atoms with van der Waals surface area (Å²) in [7, 11) is 0. The summed E-state index contributed by atoms with van der Waals surface area (Å²) in [6.45, 7) is 3.10. The van der Waals surface area contributed by atoms with E-state index in [4.69, 9.17) is 0 Å². The molecule has 0 radical (unpaired) electrons. The highest BCUT2D eigenvalue weighted by atomic mass is 16.1. The molecule has 1 fully saturated rings. The number of hydrogen-bond acceptors (Lipinski definition) is 2. The summed E-state index contributed by atoms with van der Waals surface area (Å²) >= 11 is 0. The lowest BCUT2D eigenvalue weighted by atomic mass is 9.76. The van der Waals surface area contributed by atoms with E-state index in [-0.39, 0.29) is 6.04 Å². The van der Waals surface area contributed by atoms with Crippen molar-refractivity contribution in [2.45, 2.75) is 58.0 Å². The average Bonchev–Trinajstić information content (AvgIpc) is 2.53. The Morgan fingerprint density at radius 1 is 1.25 bits per heavy atom. The van der Waals surface area contributed by atoms with Gasteiger partial charge in [-0.15, -0.1) is 0 Å². The number of carbonyl (C=O) groups excluding carboxylic acids is 1. The van der Waals surface area contributed by atoms with Crippen molar-refractivity contribution in [1.29, 1.82) is 0 Å². The van der Waals surface area contributed by atoms with Crippen LogP contribution in [0.4, 0.5) is 0 Å². The molecule has 108 valence electrons. The van der Waals surface area contributed by atoms with Gasteiger partial charge in [0.25, 0.3) is 0 Å². The molecule has 2 aliphatic rings. The van der Waals surface area contributed by atoms with Crippen LogP contribution in [-0.2, 0) is 17.8 Å². The van der Waals surface area contributed by atoms with Gasteiger partial charge in [0, 0.05) is 12.5 Å². The zero-order valence-electron chi connectivity index (χ0n) is 12.4. The van der Waals surface area contributed by atoms with E-state index in [1.807, 2.05) is 0 Å². The minimum absolute atomic E-state index is 0.0468. The lowest BCUT2D eigenvalue weighted by molar-refractivity contribution is -0.126. The Balaban J connectivity index is 1.67. The smallest absolute Gasteiger partial charge is 0.153 e. The molecule has 0 aromatic heterocycles. The second-order valence-electron chi connectivity index (χ2n) is 6.45. The van der Waals surface area contributed by atoms with Crippen molar-refractivity contribution in [1.82, 2.24) is 5.32 Å². The van der Waals surface area contributed by atoms with Gasteiger partial charge in [-0.2, -0.15) is 0 Å². The van der Waals surface area contributed by atoms with Gasteiger partial charge in [0.1, 0.15) is 0 Å². The summed E-state index contributed by atoms with van der Waals surface area (Å²) in [5, 5.41) is 3.46. The molecule has 20 heavy (non-hydrogen) atoms. The summed E-state index contributed by atoms with van der Waals surface area (Å²) in [5.74, 6) is 1.54. The number of Topliss-reactive ketones (excluding diaryl/α,β-unsaturated/α-hetero) is 1. The summed E-state index contributed by atoms with van der Waals surface area (Å²) < 4.78 is 0. The van der Waals surface area contributed by atoms with Gasteiger partial charge in [-0.05, 0) is 36.3 Å². The number of carbonyl (C=O) groups is 1. The molecule has 2 nitrogen and oxygen atoms in total. The quantitative estimate of drug-likeness (QED) is 0.912. The van der Waals surface area contributed by atoms with E-state index in [1.54, 1.807) is 0 Å². The van der Waals surface area contributed by atoms with Gasteiger partial charge < -0.3 is 5.32 Å². The van der Waals surface area contributed by atoms with E-state index >= 15 is 0 Å². The van der Waals surface area contributed by atoms with Gasteiger partial charge in [-0.25, -0.2) is 0 Å². The largest absolute Gasteiger partial charge is 0.303 e. The lowest BCUT2D eigenvalue weighted by Gasteiger charge is -2.32. The topological polar surface area (TPSA) is 29.1 Å². The van der Waals surface area contributed by atoms with Gasteiger partial charge in [0.05, 0.1) is 6.04 Å². The standard InChI is InChI=1S/C18H25NO/c1-2-13-6-5-9-15(10-13)18(20)17-11-14-7-3-4-8-16(14)12-19-17/h3-4,7-8,13,15,17,19H,2,5-6,9-12H2,1H3. The van der Waals surface area contributed by atoms with Crippen LogP contribution in [0, 0.1) is 11.8 Å². The predicted molar refractivity (Wildman–Crippen MR) is 81.5 cm³/mol. The number of fused-ring (bicyclic) bond motifs is 1. The normalized spacial score (nSPS) is 29.8. The zero-order valence-corrected chi connectivity index (χ0v) is 12.4. The number of ketones is 1. The zero-order chi connectivity index (χ0) is 13.9. The Hall–Kier alpha value is -1.15. The Labute approximate surface area is 122 Å². The molecule has 0 spiro atoms. The lowest BCUT2D eigenvalue weighted by Crippen LogP contribution is -2.45. The fourth-order valence-electron chi connectivity index (χ4n) is 3.86. The number of benzene rings is 1. The van der Waals surface area contributed by atoms with E-state index in [2.05, 4.69) is 36.5 Å². The maximum Gasteiger partial charge on any atom is 0.153 e. The van der Waals surface area contributed by atoms with Gasteiger partial charge in [-0.1, -0.05) is 50.5 Å². The van der Waals surface area contributed by atoms with Crippen LogP contribution >= 0.6 is 0 Å². The van der Waals surface area contributed by atoms with E-state index in [0.29, 0.717) is 11.7 Å². The first kappa shape index (κ1) is 13.8. The molecule has 1 N–H and O–H groups in total. The van der Waals surface area contributed by atoms with Crippen molar-refractivity contribution in [2.75, 3.05) is 0 Å².